The molecule has 2 fully saturated rings. The Morgan fingerprint density at radius 1 is 0.750 bits per heavy atom. The van der Waals surface area contributed by atoms with E-state index in [1.807, 2.05) is 24.3 Å². The largest absolute Gasteiger partial charge is 0.374 e. The van der Waals surface area contributed by atoms with E-state index in [1.54, 1.807) is 6.07 Å². The van der Waals surface area contributed by atoms with Crippen LogP contribution < -0.4 is 0 Å². The number of benzene rings is 2. The number of hydrogen-bond acceptors (Lipinski definition) is 1. The van der Waals surface area contributed by atoms with Gasteiger partial charge in [0.25, 0.3) is 0 Å². The molecule has 0 saturated heterocycles. The number of unbranched alkanes of at least 4 members (excludes halogenated alkanes) is 1. The fourth-order valence-corrected chi connectivity index (χ4v) is 5.85. The molecule has 32 heavy (non-hydrogen) atoms. The van der Waals surface area contributed by atoms with Gasteiger partial charge in [-0.3, -0.25) is 0 Å². The molecule has 2 aromatic carbocycles. The Kier molecular flexibility index (Phi) is 8.35. The molecule has 4 rings (SSSR count). The lowest BCUT2D eigenvalue weighted by atomic mass is 9.70. The van der Waals surface area contributed by atoms with Crippen molar-refractivity contribution in [3.8, 4) is 11.1 Å². The van der Waals surface area contributed by atoms with Crippen molar-refractivity contribution in [1.29, 1.82) is 0 Å². The van der Waals surface area contributed by atoms with Crippen molar-refractivity contribution < 1.29 is 13.5 Å². The summed E-state index contributed by atoms with van der Waals surface area (Å²) in [6.07, 6.45) is 15.4. The van der Waals surface area contributed by atoms with Crippen LogP contribution in [0.15, 0.2) is 42.5 Å². The first-order chi connectivity index (χ1) is 15.6. The van der Waals surface area contributed by atoms with Crippen LogP contribution in [0.5, 0.6) is 0 Å². The van der Waals surface area contributed by atoms with Gasteiger partial charge in [-0.2, -0.15) is 0 Å². The summed E-state index contributed by atoms with van der Waals surface area (Å²) in [5.74, 6) is 1.25. The fraction of sp³-hybridized carbons (Fsp3) is 0.586. The Bertz CT molecular complexity index is 831. The van der Waals surface area contributed by atoms with Crippen LogP contribution in [0.2, 0.25) is 0 Å². The third-order valence-corrected chi connectivity index (χ3v) is 7.94. The van der Waals surface area contributed by atoms with Crippen LogP contribution in [0.3, 0.4) is 0 Å². The molecule has 3 heteroatoms. The molecule has 0 spiro atoms. The SMILES string of the molecule is CCCCC1CCC(C2CCC(OCc3ccc(-c4ccc(F)c(F)c4)cc3)CC2)CC1. The summed E-state index contributed by atoms with van der Waals surface area (Å²) in [4.78, 5) is 0. The van der Waals surface area contributed by atoms with Crippen LogP contribution in [-0.2, 0) is 11.3 Å². The molecule has 0 bridgehead atoms. The van der Waals surface area contributed by atoms with Gasteiger partial charge in [-0.25, -0.2) is 8.78 Å². The lowest BCUT2D eigenvalue weighted by Gasteiger charge is -2.37. The second-order valence-corrected chi connectivity index (χ2v) is 10.1. The monoisotopic (exact) mass is 440 g/mol. The van der Waals surface area contributed by atoms with E-state index in [0.29, 0.717) is 18.3 Å². The van der Waals surface area contributed by atoms with Gasteiger partial charge in [0.05, 0.1) is 12.7 Å². The van der Waals surface area contributed by atoms with Crippen molar-refractivity contribution in [1.82, 2.24) is 0 Å². The van der Waals surface area contributed by atoms with Gasteiger partial charge in [-0.05, 0) is 85.1 Å². The highest BCUT2D eigenvalue weighted by molar-refractivity contribution is 5.63. The maximum Gasteiger partial charge on any atom is 0.159 e. The summed E-state index contributed by atoms with van der Waals surface area (Å²) in [5.41, 5.74) is 2.70. The van der Waals surface area contributed by atoms with E-state index < -0.39 is 11.6 Å². The first-order valence-electron chi connectivity index (χ1n) is 12.8. The molecule has 0 heterocycles. The molecule has 0 amide bonds. The zero-order valence-corrected chi connectivity index (χ0v) is 19.5. The van der Waals surface area contributed by atoms with E-state index in [2.05, 4.69) is 6.92 Å². The van der Waals surface area contributed by atoms with E-state index in [1.165, 1.54) is 82.8 Å². The second kappa shape index (κ2) is 11.4. The van der Waals surface area contributed by atoms with E-state index in [0.717, 1.165) is 28.9 Å². The minimum Gasteiger partial charge on any atom is -0.374 e. The van der Waals surface area contributed by atoms with Gasteiger partial charge in [0.15, 0.2) is 11.6 Å². The predicted molar refractivity (Wildman–Crippen MR) is 127 cm³/mol. The van der Waals surface area contributed by atoms with E-state index >= 15 is 0 Å². The fourth-order valence-electron chi connectivity index (χ4n) is 5.85. The highest BCUT2D eigenvalue weighted by atomic mass is 19.2. The lowest BCUT2D eigenvalue weighted by Crippen LogP contribution is -2.28. The maximum absolute atomic E-state index is 13.5. The van der Waals surface area contributed by atoms with Crippen molar-refractivity contribution in [3.63, 3.8) is 0 Å². The van der Waals surface area contributed by atoms with Crippen LogP contribution in [0.25, 0.3) is 11.1 Å². The normalized spacial score (nSPS) is 26.2. The van der Waals surface area contributed by atoms with Gasteiger partial charge in [0.2, 0.25) is 0 Å². The quantitative estimate of drug-likeness (QED) is 0.399. The minimum atomic E-state index is -0.812. The molecule has 2 aliphatic rings. The van der Waals surface area contributed by atoms with Crippen molar-refractivity contribution in [2.75, 3.05) is 0 Å². The topological polar surface area (TPSA) is 9.23 Å². The third kappa shape index (κ3) is 6.19. The Morgan fingerprint density at radius 3 is 2.00 bits per heavy atom. The van der Waals surface area contributed by atoms with Gasteiger partial charge in [-0.15, -0.1) is 0 Å². The summed E-state index contributed by atoms with van der Waals surface area (Å²) in [5, 5.41) is 0. The number of halogens is 2. The molecular weight excluding hydrogens is 402 g/mol. The van der Waals surface area contributed by atoms with Crippen LogP contribution in [0, 0.1) is 29.4 Å². The Hall–Kier alpha value is -1.74. The minimum absolute atomic E-state index is 0.373. The molecule has 0 radical (unpaired) electrons. The molecule has 0 aromatic heterocycles. The zero-order chi connectivity index (χ0) is 22.3. The molecule has 0 unspecified atom stereocenters. The van der Waals surface area contributed by atoms with Crippen molar-refractivity contribution in [2.24, 2.45) is 17.8 Å². The van der Waals surface area contributed by atoms with Gasteiger partial charge in [-0.1, -0.05) is 69.4 Å². The van der Waals surface area contributed by atoms with Crippen molar-refractivity contribution in [3.05, 3.63) is 59.7 Å². The Labute approximate surface area is 192 Å². The third-order valence-electron chi connectivity index (χ3n) is 7.94. The molecule has 1 nitrogen and oxygen atoms in total. The van der Waals surface area contributed by atoms with Crippen molar-refractivity contribution in [2.45, 2.75) is 90.3 Å². The summed E-state index contributed by atoms with van der Waals surface area (Å²) >= 11 is 0. The molecule has 0 atom stereocenters. The second-order valence-electron chi connectivity index (χ2n) is 10.1. The summed E-state index contributed by atoms with van der Waals surface area (Å²) in [7, 11) is 0. The van der Waals surface area contributed by atoms with Crippen LogP contribution in [0.1, 0.15) is 83.1 Å². The summed E-state index contributed by atoms with van der Waals surface area (Å²) < 4.78 is 32.9. The van der Waals surface area contributed by atoms with Gasteiger partial charge in [0.1, 0.15) is 0 Å². The summed E-state index contributed by atoms with van der Waals surface area (Å²) in [6, 6.07) is 12.0. The first kappa shape index (κ1) is 23.4. The predicted octanol–water partition coefficient (Wildman–Crippen LogP) is 8.70. The molecule has 2 aromatic rings. The van der Waals surface area contributed by atoms with E-state index in [9.17, 15) is 8.78 Å². The number of hydrogen-bond donors (Lipinski definition) is 0. The lowest BCUT2D eigenvalue weighted by molar-refractivity contribution is -0.00285. The highest BCUT2D eigenvalue weighted by Gasteiger charge is 2.30. The highest BCUT2D eigenvalue weighted by Crippen LogP contribution is 2.41. The van der Waals surface area contributed by atoms with Crippen LogP contribution >= 0.6 is 0 Å². The molecular formula is C29H38F2O. The van der Waals surface area contributed by atoms with E-state index in [4.69, 9.17) is 4.74 Å². The zero-order valence-electron chi connectivity index (χ0n) is 19.5. The maximum atomic E-state index is 13.5. The molecule has 2 aliphatic carbocycles. The Balaban J connectivity index is 1.19. The van der Waals surface area contributed by atoms with Gasteiger partial charge >= 0.3 is 0 Å². The standard InChI is InChI=1S/C29H38F2O/c1-2-3-4-21-5-9-23(10-6-21)24-13-16-27(17-14-24)32-20-22-7-11-25(12-8-22)26-15-18-28(30)29(31)19-26/h7-8,11-12,15,18-19,21,23-24,27H,2-6,9-10,13-14,16-17,20H2,1H3. The summed E-state index contributed by atoms with van der Waals surface area (Å²) in [6.45, 7) is 2.92. The number of ether oxygens (including phenoxy) is 1. The average molecular weight is 441 g/mol. The van der Waals surface area contributed by atoms with Crippen LogP contribution in [-0.4, -0.2) is 6.10 Å². The van der Waals surface area contributed by atoms with Crippen LogP contribution in [0.4, 0.5) is 8.78 Å². The van der Waals surface area contributed by atoms with Gasteiger partial charge < -0.3 is 4.74 Å². The molecule has 174 valence electrons. The average Bonchev–Trinajstić information content (AvgIpc) is 2.84. The van der Waals surface area contributed by atoms with E-state index in [-0.39, 0.29) is 0 Å². The van der Waals surface area contributed by atoms with Crippen molar-refractivity contribution >= 4 is 0 Å². The molecule has 0 aliphatic heterocycles. The molecule has 0 N–H and O–H groups in total. The smallest absolute Gasteiger partial charge is 0.159 e. The first-order valence-corrected chi connectivity index (χ1v) is 12.8. The number of rotatable bonds is 8. The molecule has 2 saturated carbocycles. The van der Waals surface area contributed by atoms with Gasteiger partial charge in [0, 0.05) is 0 Å². The Morgan fingerprint density at radius 2 is 1.38 bits per heavy atom.